The van der Waals surface area contributed by atoms with Crippen molar-refractivity contribution in [3.8, 4) is 23.1 Å². The van der Waals surface area contributed by atoms with Crippen LogP contribution < -0.4 is 0 Å². The standard InChI is InChI=1S/C24H22N4/c1-16-9-7-8-12-21(16)24-27-26-23(20-10-5-4-6-11-20)28(24)22-17(2)13-19(15-25)14-18(22)3/h4-8,10-14,16H,9H2,1-3H3. The average Bonchev–Trinajstić information content (AvgIpc) is 3.12. The lowest BCUT2D eigenvalue weighted by molar-refractivity contribution is 0.743. The summed E-state index contributed by atoms with van der Waals surface area (Å²) in [7, 11) is 0. The fourth-order valence-corrected chi connectivity index (χ4v) is 3.87. The molecule has 0 bridgehead atoms. The van der Waals surface area contributed by atoms with Crippen LogP contribution >= 0.6 is 0 Å². The highest BCUT2D eigenvalue weighted by molar-refractivity contribution is 5.72. The summed E-state index contributed by atoms with van der Waals surface area (Å²) in [5.74, 6) is 2.05. The molecule has 1 heterocycles. The van der Waals surface area contributed by atoms with Crippen LogP contribution in [0.25, 0.3) is 22.6 Å². The maximum absolute atomic E-state index is 9.34. The highest BCUT2D eigenvalue weighted by Gasteiger charge is 2.24. The van der Waals surface area contributed by atoms with E-state index in [1.165, 1.54) is 5.57 Å². The van der Waals surface area contributed by atoms with Crippen molar-refractivity contribution in [2.75, 3.05) is 0 Å². The number of allylic oxidation sites excluding steroid dienone is 4. The van der Waals surface area contributed by atoms with Gasteiger partial charge in [0.25, 0.3) is 0 Å². The fraction of sp³-hybridized carbons (Fsp3) is 0.208. The van der Waals surface area contributed by atoms with Crippen LogP contribution in [0.5, 0.6) is 0 Å². The van der Waals surface area contributed by atoms with Crippen LogP contribution in [0.4, 0.5) is 0 Å². The minimum atomic E-state index is 0.371. The van der Waals surface area contributed by atoms with Gasteiger partial charge in [-0.05, 0) is 49.4 Å². The van der Waals surface area contributed by atoms with Crippen molar-refractivity contribution in [1.29, 1.82) is 5.26 Å². The largest absolute Gasteiger partial charge is 0.275 e. The van der Waals surface area contributed by atoms with Gasteiger partial charge in [-0.2, -0.15) is 5.26 Å². The molecule has 0 saturated heterocycles. The summed E-state index contributed by atoms with van der Waals surface area (Å²) in [5, 5.41) is 18.5. The average molecular weight is 366 g/mol. The van der Waals surface area contributed by atoms with E-state index in [9.17, 15) is 5.26 Å². The monoisotopic (exact) mass is 366 g/mol. The third kappa shape index (κ3) is 3.05. The van der Waals surface area contributed by atoms with Crippen LogP contribution in [0.3, 0.4) is 0 Å². The maximum atomic E-state index is 9.34. The molecule has 28 heavy (non-hydrogen) atoms. The van der Waals surface area contributed by atoms with Crippen molar-refractivity contribution in [2.45, 2.75) is 27.2 Å². The second-order valence-electron chi connectivity index (χ2n) is 7.31. The molecule has 0 amide bonds. The van der Waals surface area contributed by atoms with E-state index in [2.05, 4.69) is 58.1 Å². The topological polar surface area (TPSA) is 54.5 Å². The van der Waals surface area contributed by atoms with E-state index in [-0.39, 0.29) is 0 Å². The Hall–Kier alpha value is -3.45. The molecule has 0 N–H and O–H groups in total. The highest BCUT2D eigenvalue weighted by Crippen LogP contribution is 2.34. The molecule has 0 fully saturated rings. The van der Waals surface area contributed by atoms with Crippen molar-refractivity contribution in [3.63, 3.8) is 0 Å². The molecule has 4 nitrogen and oxygen atoms in total. The highest BCUT2D eigenvalue weighted by atomic mass is 15.3. The van der Waals surface area contributed by atoms with Gasteiger partial charge in [-0.15, -0.1) is 10.2 Å². The van der Waals surface area contributed by atoms with Crippen molar-refractivity contribution in [1.82, 2.24) is 14.8 Å². The van der Waals surface area contributed by atoms with Crippen LogP contribution in [0, 0.1) is 31.1 Å². The summed E-state index contributed by atoms with van der Waals surface area (Å²) in [6.07, 6.45) is 7.41. The summed E-state index contributed by atoms with van der Waals surface area (Å²) in [5.41, 5.74) is 5.98. The summed E-state index contributed by atoms with van der Waals surface area (Å²) in [6, 6.07) is 16.2. The number of benzene rings is 2. The number of nitriles is 1. The first-order chi connectivity index (χ1) is 13.6. The third-order valence-electron chi connectivity index (χ3n) is 5.23. The molecule has 1 atom stereocenters. The number of nitrogens with zero attached hydrogens (tertiary/aromatic N) is 4. The van der Waals surface area contributed by atoms with Gasteiger partial charge in [0.1, 0.15) is 0 Å². The van der Waals surface area contributed by atoms with Crippen molar-refractivity contribution in [2.24, 2.45) is 5.92 Å². The summed E-state index contributed by atoms with van der Waals surface area (Å²) < 4.78 is 2.16. The first-order valence-electron chi connectivity index (χ1n) is 9.49. The molecule has 138 valence electrons. The molecule has 4 rings (SSSR count). The van der Waals surface area contributed by atoms with Gasteiger partial charge < -0.3 is 0 Å². The molecule has 0 aliphatic heterocycles. The lowest BCUT2D eigenvalue weighted by Crippen LogP contribution is -2.11. The van der Waals surface area contributed by atoms with E-state index < -0.39 is 0 Å². The summed E-state index contributed by atoms with van der Waals surface area (Å²) in [6.45, 7) is 6.30. The molecule has 0 spiro atoms. The molecule has 1 aromatic heterocycles. The van der Waals surface area contributed by atoms with E-state index in [4.69, 9.17) is 0 Å². The first-order valence-corrected chi connectivity index (χ1v) is 9.49. The molecule has 1 unspecified atom stereocenters. The zero-order valence-corrected chi connectivity index (χ0v) is 16.3. The molecule has 0 saturated carbocycles. The van der Waals surface area contributed by atoms with Gasteiger partial charge in [-0.1, -0.05) is 55.5 Å². The maximum Gasteiger partial charge on any atom is 0.168 e. The Morgan fingerprint density at radius 3 is 2.36 bits per heavy atom. The number of aryl methyl sites for hydroxylation is 2. The third-order valence-corrected chi connectivity index (χ3v) is 5.23. The van der Waals surface area contributed by atoms with Crippen LogP contribution in [-0.4, -0.2) is 14.8 Å². The normalized spacial score (nSPS) is 15.9. The predicted molar refractivity (Wildman–Crippen MR) is 112 cm³/mol. The van der Waals surface area contributed by atoms with E-state index in [0.29, 0.717) is 11.5 Å². The predicted octanol–water partition coefficient (Wildman–Crippen LogP) is 5.40. The molecule has 0 radical (unpaired) electrons. The molecule has 1 aliphatic rings. The van der Waals surface area contributed by atoms with Gasteiger partial charge in [-0.25, -0.2) is 0 Å². The van der Waals surface area contributed by atoms with E-state index >= 15 is 0 Å². The minimum Gasteiger partial charge on any atom is -0.275 e. The number of aromatic nitrogens is 3. The summed E-state index contributed by atoms with van der Waals surface area (Å²) >= 11 is 0. The Labute approximate surface area is 165 Å². The Bertz CT molecular complexity index is 1100. The van der Waals surface area contributed by atoms with Crippen molar-refractivity contribution < 1.29 is 0 Å². The van der Waals surface area contributed by atoms with Crippen LogP contribution in [0.1, 0.15) is 35.9 Å². The van der Waals surface area contributed by atoms with Gasteiger partial charge in [0, 0.05) is 11.1 Å². The second-order valence-corrected chi connectivity index (χ2v) is 7.31. The molecule has 4 heteroatoms. The van der Waals surface area contributed by atoms with Gasteiger partial charge in [-0.3, -0.25) is 4.57 Å². The van der Waals surface area contributed by atoms with Crippen molar-refractivity contribution in [3.05, 3.63) is 83.2 Å². The summed E-state index contributed by atoms with van der Waals surface area (Å²) in [4.78, 5) is 0. The zero-order valence-electron chi connectivity index (χ0n) is 16.3. The van der Waals surface area contributed by atoms with Gasteiger partial charge in [0.2, 0.25) is 0 Å². The van der Waals surface area contributed by atoms with Gasteiger partial charge >= 0.3 is 0 Å². The van der Waals surface area contributed by atoms with Gasteiger partial charge in [0.15, 0.2) is 11.6 Å². The van der Waals surface area contributed by atoms with Crippen LogP contribution in [0.15, 0.2) is 60.7 Å². The first kappa shape index (κ1) is 17.9. The van der Waals surface area contributed by atoms with E-state index in [1.807, 2.05) is 44.2 Å². The number of hydrogen-bond acceptors (Lipinski definition) is 3. The lowest BCUT2D eigenvalue weighted by atomic mass is 9.92. The molecule has 2 aromatic carbocycles. The van der Waals surface area contributed by atoms with E-state index in [1.54, 1.807) is 0 Å². The Morgan fingerprint density at radius 2 is 1.71 bits per heavy atom. The quantitative estimate of drug-likeness (QED) is 0.623. The smallest absolute Gasteiger partial charge is 0.168 e. The molecule has 1 aliphatic carbocycles. The van der Waals surface area contributed by atoms with Gasteiger partial charge in [0.05, 0.1) is 17.3 Å². The number of hydrogen-bond donors (Lipinski definition) is 0. The Kier molecular flexibility index (Phi) is 4.67. The van der Waals surface area contributed by atoms with Crippen molar-refractivity contribution >= 4 is 5.57 Å². The molecular weight excluding hydrogens is 344 g/mol. The molecular formula is C24H22N4. The SMILES string of the molecule is Cc1cc(C#N)cc(C)c1-n1c(C2=CC=CCC2C)nnc1-c1ccccc1. The molecule has 3 aromatic rings. The Morgan fingerprint density at radius 1 is 1.04 bits per heavy atom. The number of rotatable bonds is 3. The van der Waals surface area contributed by atoms with Crippen LogP contribution in [0.2, 0.25) is 0 Å². The van der Waals surface area contributed by atoms with Crippen LogP contribution in [-0.2, 0) is 0 Å². The Balaban J connectivity index is 2.02. The van der Waals surface area contributed by atoms with E-state index in [0.717, 1.165) is 40.4 Å². The fourth-order valence-electron chi connectivity index (χ4n) is 3.87. The second kappa shape index (κ2) is 7.28. The lowest BCUT2D eigenvalue weighted by Gasteiger charge is -2.21. The zero-order chi connectivity index (χ0) is 19.7. The minimum absolute atomic E-state index is 0.371.